The van der Waals surface area contributed by atoms with Crippen molar-refractivity contribution < 1.29 is 13.2 Å². The van der Waals surface area contributed by atoms with Gasteiger partial charge in [0, 0.05) is 64.7 Å². The molecule has 164 valence electrons. The lowest BCUT2D eigenvalue weighted by Gasteiger charge is -2.47. The van der Waals surface area contributed by atoms with Gasteiger partial charge in [0.15, 0.2) is 17.9 Å². The van der Waals surface area contributed by atoms with Crippen molar-refractivity contribution in [2.24, 2.45) is 0 Å². The Bertz CT molecular complexity index is 988. The van der Waals surface area contributed by atoms with Gasteiger partial charge in [-0.1, -0.05) is 6.07 Å². The summed E-state index contributed by atoms with van der Waals surface area (Å²) in [6.07, 6.45) is 2.63. The lowest BCUT2D eigenvalue weighted by atomic mass is 10.2. The Morgan fingerprint density at radius 3 is 2.39 bits per heavy atom. The number of halogens is 3. The van der Waals surface area contributed by atoms with E-state index in [9.17, 15) is 13.2 Å². The first-order valence-electron chi connectivity index (χ1n) is 9.93. The SMILES string of the molecule is CN(C)C1=CC(=N)N(c2cc(F)c(F)cc2F)C(N2CCN(c3ccccn3)CC2)N1. The molecular formula is C21H24F3N7. The minimum absolute atomic E-state index is 0.0236. The van der Waals surface area contributed by atoms with Crippen LogP contribution in [0.2, 0.25) is 0 Å². The molecule has 4 rings (SSSR count). The van der Waals surface area contributed by atoms with Crippen molar-refractivity contribution in [1.82, 2.24) is 20.1 Å². The van der Waals surface area contributed by atoms with Crippen LogP contribution in [0.5, 0.6) is 0 Å². The van der Waals surface area contributed by atoms with E-state index in [0.29, 0.717) is 38.1 Å². The van der Waals surface area contributed by atoms with Gasteiger partial charge in [-0.2, -0.15) is 0 Å². The van der Waals surface area contributed by atoms with Gasteiger partial charge in [-0.05, 0) is 12.1 Å². The van der Waals surface area contributed by atoms with E-state index < -0.39 is 23.7 Å². The van der Waals surface area contributed by atoms with Crippen LogP contribution in [0.1, 0.15) is 0 Å². The summed E-state index contributed by atoms with van der Waals surface area (Å²) in [5.41, 5.74) is -0.192. The van der Waals surface area contributed by atoms with Crippen LogP contribution < -0.4 is 15.1 Å². The average Bonchev–Trinajstić information content (AvgIpc) is 2.77. The molecule has 2 aliphatic heterocycles. The minimum Gasteiger partial charge on any atom is -0.364 e. The molecular weight excluding hydrogens is 407 g/mol. The van der Waals surface area contributed by atoms with E-state index in [1.54, 1.807) is 6.20 Å². The Kier molecular flexibility index (Phi) is 5.73. The Morgan fingerprint density at radius 1 is 1.03 bits per heavy atom. The van der Waals surface area contributed by atoms with Gasteiger partial charge in [-0.25, -0.2) is 18.2 Å². The van der Waals surface area contributed by atoms with Gasteiger partial charge in [-0.15, -0.1) is 0 Å². The van der Waals surface area contributed by atoms with E-state index in [-0.39, 0.29) is 11.5 Å². The third-order valence-electron chi connectivity index (χ3n) is 5.42. The van der Waals surface area contributed by atoms with Crippen molar-refractivity contribution in [1.29, 1.82) is 5.41 Å². The van der Waals surface area contributed by atoms with Crippen molar-refractivity contribution in [3.05, 3.63) is 65.9 Å². The molecule has 0 bridgehead atoms. The number of aromatic nitrogens is 1. The molecule has 0 amide bonds. The number of rotatable bonds is 4. The number of amidine groups is 1. The third-order valence-corrected chi connectivity index (χ3v) is 5.42. The van der Waals surface area contributed by atoms with E-state index >= 15 is 0 Å². The summed E-state index contributed by atoms with van der Waals surface area (Å²) in [5.74, 6) is -1.83. The lowest BCUT2D eigenvalue weighted by molar-refractivity contribution is 0.158. The van der Waals surface area contributed by atoms with E-state index in [4.69, 9.17) is 5.41 Å². The molecule has 1 aromatic heterocycles. The fraction of sp³-hybridized carbons (Fsp3) is 0.333. The number of nitrogens with zero attached hydrogens (tertiary/aromatic N) is 5. The van der Waals surface area contributed by atoms with E-state index in [0.717, 1.165) is 11.9 Å². The fourth-order valence-corrected chi connectivity index (χ4v) is 3.78. The molecule has 1 saturated heterocycles. The molecule has 0 radical (unpaired) electrons. The zero-order valence-corrected chi connectivity index (χ0v) is 17.3. The highest BCUT2D eigenvalue weighted by Crippen LogP contribution is 2.28. The number of nitrogens with one attached hydrogen (secondary N) is 2. The van der Waals surface area contributed by atoms with Crippen LogP contribution in [0.15, 0.2) is 48.4 Å². The second kappa shape index (κ2) is 8.46. The molecule has 2 N–H and O–H groups in total. The van der Waals surface area contributed by atoms with Crippen LogP contribution in [-0.4, -0.2) is 67.2 Å². The van der Waals surface area contributed by atoms with Gasteiger partial charge < -0.3 is 15.1 Å². The van der Waals surface area contributed by atoms with Crippen molar-refractivity contribution in [2.45, 2.75) is 6.29 Å². The van der Waals surface area contributed by atoms with Gasteiger partial charge >= 0.3 is 0 Å². The second-order valence-corrected chi connectivity index (χ2v) is 7.63. The number of pyridine rings is 1. The average molecular weight is 431 g/mol. The Hall–Kier alpha value is -3.27. The maximum Gasteiger partial charge on any atom is 0.164 e. The van der Waals surface area contributed by atoms with Crippen LogP contribution >= 0.6 is 0 Å². The van der Waals surface area contributed by atoms with Crippen LogP contribution in [0.25, 0.3) is 0 Å². The van der Waals surface area contributed by atoms with E-state index in [1.165, 1.54) is 11.0 Å². The Labute approximate surface area is 178 Å². The van der Waals surface area contributed by atoms with Crippen molar-refractivity contribution in [3.8, 4) is 0 Å². The summed E-state index contributed by atoms with van der Waals surface area (Å²) < 4.78 is 42.1. The number of anilines is 2. The number of hydrogen-bond acceptors (Lipinski definition) is 6. The van der Waals surface area contributed by atoms with E-state index in [1.807, 2.05) is 42.1 Å². The first kappa shape index (κ1) is 21.0. The monoisotopic (exact) mass is 431 g/mol. The molecule has 0 spiro atoms. The fourth-order valence-electron chi connectivity index (χ4n) is 3.78. The smallest absolute Gasteiger partial charge is 0.164 e. The normalized spacial score (nSPS) is 19.8. The van der Waals surface area contributed by atoms with Crippen LogP contribution in [-0.2, 0) is 0 Å². The number of hydrogen-bond donors (Lipinski definition) is 2. The highest BCUT2D eigenvalue weighted by Gasteiger charge is 2.36. The van der Waals surface area contributed by atoms with Gasteiger partial charge in [0.2, 0.25) is 0 Å². The molecule has 1 atom stereocenters. The summed E-state index contributed by atoms with van der Waals surface area (Å²) in [4.78, 5) is 11.7. The first-order chi connectivity index (χ1) is 14.8. The summed E-state index contributed by atoms with van der Waals surface area (Å²) in [6, 6.07) is 7.05. The van der Waals surface area contributed by atoms with Crippen LogP contribution in [0.4, 0.5) is 24.7 Å². The van der Waals surface area contributed by atoms with Crippen molar-refractivity contribution in [2.75, 3.05) is 50.1 Å². The summed E-state index contributed by atoms with van der Waals surface area (Å²) in [7, 11) is 3.66. The number of benzene rings is 1. The third kappa shape index (κ3) is 4.15. The maximum absolute atomic E-state index is 14.6. The summed E-state index contributed by atoms with van der Waals surface area (Å²) in [5, 5.41) is 11.8. The zero-order chi connectivity index (χ0) is 22.1. The van der Waals surface area contributed by atoms with Gasteiger partial charge in [0.1, 0.15) is 23.3 Å². The minimum atomic E-state index is -1.26. The molecule has 10 heteroatoms. The summed E-state index contributed by atoms with van der Waals surface area (Å²) in [6.45, 7) is 2.56. The first-order valence-corrected chi connectivity index (χ1v) is 9.93. The largest absolute Gasteiger partial charge is 0.364 e. The van der Waals surface area contributed by atoms with Crippen LogP contribution in [0.3, 0.4) is 0 Å². The molecule has 3 heterocycles. The van der Waals surface area contributed by atoms with Crippen molar-refractivity contribution >= 4 is 17.3 Å². The van der Waals surface area contributed by atoms with Gasteiger partial charge in [0.25, 0.3) is 0 Å². The predicted octanol–water partition coefficient (Wildman–Crippen LogP) is 2.39. The molecule has 1 fully saturated rings. The molecule has 1 aromatic carbocycles. The highest BCUT2D eigenvalue weighted by molar-refractivity contribution is 6.05. The molecule has 0 aliphatic carbocycles. The van der Waals surface area contributed by atoms with Crippen LogP contribution in [0, 0.1) is 22.9 Å². The topological polar surface area (TPSA) is 61.7 Å². The molecule has 2 aliphatic rings. The predicted molar refractivity (Wildman–Crippen MR) is 113 cm³/mol. The lowest BCUT2D eigenvalue weighted by Crippen LogP contribution is -2.65. The number of piperazine rings is 1. The molecule has 31 heavy (non-hydrogen) atoms. The molecule has 1 unspecified atom stereocenters. The van der Waals surface area contributed by atoms with Gasteiger partial charge in [-0.3, -0.25) is 15.2 Å². The quantitative estimate of drug-likeness (QED) is 0.725. The standard InChI is InChI=1S/C21H24F3N7/c1-28(2)20-13-18(25)31(17-12-15(23)14(22)11-16(17)24)21(27-20)30-9-7-29(8-10-30)19-5-3-4-6-26-19/h3-6,11-13,21,25,27H,7-10H2,1-2H3. The highest BCUT2D eigenvalue weighted by atomic mass is 19.2. The van der Waals surface area contributed by atoms with Crippen molar-refractivity contribution in [3.63, 3.8) is 0 Å². The summed E-state index contributed by atoms with van der Waals surface area (Å²) >= 11 is 0. The molecule has 7 nitrogen and oxygen atoms in total. The van der Waals surface area contributed by atoms with Gasteiger partial charge in [0.05, 0.1) is 5.69 Å². The Balaban J connectivity index is 1.63. The molecule has 0 saturated carbocycles. The second-order valence-electron chi connectivity index (χ2n) is 7.63. The maximum atomic E-state index is 14.6. The molecule has 2 aromatic rings. The zero-order valence-electron chi connectivity index (χ0n) is 17.3. The van der Waals surface area contributed by atoms with E-state index in [2.05, 4.69) is 15.2 Å². The Morgan fingerprint density at radius 2 is 1.74 bits per heavy atom.